The van der Waals surface area contributed by atoms with Gasteiger partial charge in [-0.05, 0) is 42.7 Å². The van der Waals surface area contributed by atoms with E-state index in [2.05, 4.69) is 35.0 Å². The number of hydrogen-bond donors (Lipinski definition) is 0. The molecule has 0 radical (unpaired) electrons. The minimum absolute atomic E-state index is 0.448. The fourth-order valence-electron chi connectivity index (χ4n) is 2.03. The van der Waals surface area contributed by atoms with Crippen molar-refractivity contribution < 1.29 is 4.74 Å². The van der Waals surface area contributed by atoms with Crippen molar-refractivity contribution in [3.63, 3.8) is 0 Å². The first kappa shape index (κ1) is 14.4. The van der Waals surface area contributed by atoms with Gasteiger partial charge in [0.1, 0.15) is 12.4 Å². The average Bonchev–Trinajstić information content (AvgIpc) is 2.38. The van der Waals surface area contributed by atoms with E-state index in [0.717, 1.165) is 21.3 Å². The predicted molar refractivity (Wildman–Crippen MR) is 83.9 cm³/mol. The number of halogens is 2. The number of aryl methyl sites for hydroxylation is 2. The lowest BCUT2D eigenvalue weighted by molar-refractivity contribution is 0.301. The smallest absolute Gasteiger partial charge is 0.127 e. The van der Waals surface area contributed by atoms with E-state index in [9.17, 15) is 0 Å². The fraction of sp³-hybridized carbons (Fsp3) is 0.250. The molecule has 2 aromatic carbocycles. The van der Waals surface area contributed by atoms with Crippen LogP contribution in [-0.2, 0) is 12.5 Å². The van der Waals surface area contributed by atoms with Gasteiger partial charge in [0.25, 0.3) is 0 Å². The van der Waals surface area contributed by atoms with E-state index in [1.807, 2.05) is 31.2 Å². The minimum Gasteiger partial charge on any atom is -0.488 e. The molecule has 0 spiro atoms. The van der Waals surface area contributed by atoms with E-state index in [4.69, 9.17) is 16.3 Å². The van der Waals surface area contributed by atoms with Crippen LogP contribution in [0.4, 0.5) is 0 Å². The first-order valence-electron chi connectivity index (χ1n) is 6.14. The Morgan fingerprint density at radius 3 is 2.47 bits per heavy atom. The van der Waals surface area contributed by atoms with E-state index in [1.54, 1.807) is 0 Å². The molecule has 0 bridgehead atoms. The zero-order valence-electron chi connectivity index (χ0n) is 11.0. The zero-order chi connectivity index (χ0) is 13.8. The lowest BCUT2D eigenvalue weighted by Crippen LogP contribution is -2.01. The highest BCUT2D eigenvalue weighted by Gasteiger charge is 2.09. The van der Waals surface area contributed by atoms with Crippen LogP contribution < -0.4 is 4.74 Å². The van der Waals surface area contributed by atoms with Crippen molar-refractivity contribution in [1.82, 2.24) is 0 Å². The van der Waals surface area contributed by atoms with Gasteiger partial charge in [-0.3, -0.25) is 0 Å². The summed E-state index contributed by atoms with van der Waals surface area (Å²) in [6.07, 6.45) is 0. The third-order valence-corrected chi connectivity index (χ3v) is 3.84. The number of ether oxygens (including phenoxy) is 1. The summed E-state index contributed by atoms with van der Waals surface area (Å²) in [4.78, 5) is 0. The second-order valence-electron chi connectivity index (χ2n) is 4.56. The van der Waals surface area contributed by atoms with Gasteiger partial charge in [-0.1, -0.05) is 40.2 Å². The number of hydrogen-bond acceptors (Lipinski definition) is 1. The van der Waals surface area contributed by atoms with Crippen LogP contribution in [0.15, 0.2) is 40.9 Å². The molecule has 0 fully saturated rings. The normalized spacial score (nSPS) is 10.5. The average molecular weight is 340 g/mol. The SMILES string of the molecule is Cc1ccccc1COc1c(C)cc(Br)cc1CCl. The Hall–Kier alpha value is -0.990. The summed E-state index contributed by atoms with van der Waals surface area (Å²) < 4.78 is 7.01. The largest absolute Gasteiger partial charge is 0.488 e. The molecule has 2 rings (SSSR count). The van der Waals surface area contributed by atoms with Crippen molar-refractivity contribution in [2.75, 3.05) is 0 Å². The second kappa shape index (κ2) is 6.44. The highest BCUT2D eigenvalue weighted by molar-refractivity contribution is 9.10. The molecule has 19 heavy (non-hydrogen) atoms. The van der Waals surface area contributed by atoms with Crippen molar-refractivity contribution in [2.24, 2.45) is 0 Å². The molecule has 0 aliphatic heterocycles. The van der Waals surface area contributed by atoms with Gasteiger partial charge in [-0.15, -0.1) is 11.6 Å². The van der Waals surface area contributed by atoms with E-state index in [-0.39, 0.29) is 0 Å². The van der Waals surface area contributed by atoms with E-state index < -0.39 is 0 Å². The summed E-state index contributed by atoms with van der Waals surface area (Å²) in [6, 6.07) is 12.3. The lowest BCUT2D eigenvalue weighted by Gasteiger charge is -2.14. The molecule has 0 amide bonds. The van der Waals surface area contributed by atoms with Crippen molar-refractivity contribution >= 4 is 27.5 Å². The molecule has 0 unspecified atom stereocenters. The zero-order valence-corrected chi connectivity index (χ0v) is 13.4. The molecular formula is C16H16BrClO. The number of benzene rings is 2. The van der Waals surface area contributed by atoms with Gasteiger partial charge in [0.2, 0.25) is 0 Å². The standard InChI is InChI=1S/C16H16BrClO/c1-11-5-3-4-6-13(11)10-19-16-12(2)7-15(17)8-14(16)9-18/h3-8H,9-10H2,1-2H3. The quantitative estimate of drug-likeness (QED) is 0.679. The first-order valence-corrected chi connectivity index (χ1v) is 7.47. The van der Waals surface area contributed by atoms with Crippen LogP contribution in [0.25, 0.3) is 0 Å². The molecule has 0 heterocycles. The fourth-order valence-corrected chi connectivity index (χ4v) is 2.85. The van der Waals surface area contributed by atoms with Crippen LogP contribution in [0.1, 0.15) is 22.3 Å². The van der Waals surface area contributed by atoms with Crippen LogP contribution in [0.3, 0.4) is 0 Å². The van der Waals surface area contributed by atoms with Gasteiger partial charge in [0, 0.05) is 10.0 Å². The van der Waals surface area contributed by atoms with Crippen LogP contribution in [0.2, 0.25) is 0 Å². The maximum Gasteiger partial charge on any atom is 0.127 e. The van der Waals surface area contributed by atoms with Gasteiger partial charge in [-0.2, -0.15) is 0 Å². The first-order chi connectivity index (χ1) is 9.11. The summed E-state index contributed by atoms with van der Waals surface area (Å²) in [5.74, 6) is 1.34. The van der Waals surface area contributed by atoms with Crippen LogP contribution in [0, 0.1) is 13.8 Å². The summed E-state index contributed by atoms with van der Waals surface area (Å²) in [7, 11) is 0. The minimum atomic E-state index is 0.448. The summed E-state index contributed by atoms with van der Waals surface area (Å²) in [5.41, 5.74) is 4.55. The van der Waals surface area contributed by atoms with Crippen LogP contribution in [-0.4, -0.2) is 0 Å². The topological polar surface area (TPSA) is 9.23 Å². The number of alkyl halides is 1. The highest BCUT2D eigenvalue weighted by atomic mass is 79.9. The van der Waals surface area contributed by atoms with Gasteiger partial charge in [-0.25, -0.2) is 0 Å². The summed E-state index contributed by atoms with van der Waals surface area (Å²) in [5, 5.41) is 0. The molecule has 1 nitrogen and oxygen atoms in total. The molecule has 3 heteroatoms. The molecule has 0 saturated heterocycles. The van der Waals surface area contributed by atoms with E-state index >= 15 is 0 Å². The molecule has 0 saturated carbocycles. The molecule has 0 aliphatic carbocycles. The summed E-state index contributed by atoms with van der Waals surface area (Å²) in [6.45, 7) is 4.70. The third-order valence-electron chi connectivity index (χ3n) is 3.09. The van der Waals surface area contributed by atoms with Crippen molar-refractivity contribution in [2.45, 2.75) is 26.3 Å². The monoisotopic (exact) mass is 338 g/mol. The molecular weight excluding hydrogens is 324 g/mol. The molecule has 0 aromatic heterocycles. The van der Waals surface area contributed by atoms with E-state index in [1.165, 1.54) is 11.1 Å². The van der Waals surface area contributed by atoms with Gasteiger partial charge in [0.05, 0.1) is 5.88 Å². The molecule has 0 N–H and O–H groups in total. The van der Waals surface area contributed by atoms with Crippen molar-refractivity contribution in [3.8, 4) is 5.75 Å². The Balaban J connectivity index is 2.22. The molecule has 100 valence electrons. The Morgan fingerprint density at radius 2 is 1.79 bits per heavy atom. The van der Waals surface area contributed by atoms with Gasteiger partial charge >= 0.3 is 0 Å². The molecule has 2 aromatic rings. The Labute approximate surface area is 127 Å². The maximum absolute atomic E-state index is 5.99. The van der Waals surface area contributed by atoms with E-state index in [0.29, 0.717) is 12.5 Å². The second-order valence-corrected chi connectivity index (χ2v) is 5.74. The van der Waals surface area contributed by atoms with Gasteiger partial charge in [0.15, 0.2) is 0 Å². The summed E-state index contributed by atoms with van der Waals surface area (Å²) >= 11 is 9.47. The number of rotatable bonds is 4. The van der Waals surface area contributed by atoms with Crippen LogP contribution in [0.5, 0.6) is 5.75 Å². The Morgan fingerprint density at radius 1 is 1.05 bits per heavy atom. The third kappa shape index (κ3) is 3.52. The van der Waals surface area contributed by atoms with Crippen molar-refractivity contribution in [3.05, 3.63) is 63.1 Å². The highest BCUT2D eigenvalue weighted by Crippen LogP contribution is 2.30. The molecule has 0 atom stereocenters. The Kier molecular flexibility index (Phi) is 4.89. The predicted octanol–water partition coefficient (Wildman–Crippen LogP) is 5.38. The lowest BCUT2D eigenvalue weighted by atomic mass is 10.1. The maximum atomic E-state index is 5.99. The van der Waals surface area contributed by atoms with Gasteiger partial charge < -0.3 is 4.74 Å². The van der Waals surface area contributed by atoms with Crippen molar-refractivity contribution in [1.29, 1.82) is 0 Å². The Bertz CT molecular complexity index is 581. The molecule has 0 aliphatic rings. The van der Waals surface area contributed by atoms with Crippen LogP contribution >= 0.6 is 27.5 Å².